The predicted octanol–water partition coefficient (Wildman–Crippen LogP) is 2.93. The van der Waals surface area contributed by atoms with E-state index in [0.29, 0.717) is 11.5 Å². The van der Waals surface area contributed by atoms with Crippen molar-refractivity contribution in [2.75, 3.05) is 13.7 Å². The molecule has 3 aromatic carbocycles. The Labute approximate surface area is 191 Å². The third-order valence-electron chi connectivity index (χ3n) is 4.51. The Morgan fingerprint density at radius 1 is 0.812 bits per heavy atom. The third-order valence-corrected chi connectivity index (χ3v) is 4.71. The number of hydrazine groups is 1. The molecule has 0 spiro atoms. The van der Waals surface area contributed by atoms with E-state index in [9.17, 15) is 9.59 Å². The second kappa shape index (κ2) is 11.5. The summed E-state index contributed by atoms with van der Waals surface area (Å²) in [5.41, 5.74) is 6.81. The maximum atomic E-state index is 12.9. The fourth-order valence-electron chi connectivity index (χ4n) is 3.05. The lowest BCUT2D eigenvalue weighted by molar-refractivity contribution is -0.123. The predicted molar refractivity (Wildman–Crippen MR) is 125 cm³/mol. The number of methoxy groups -OCH3 is 1. The molecule has 8 heteroatoms. The Hall–Kier alpha value is -3.91. The topological polar surface area (TPSA) is 88.7 Å². The Bertz CT molecular complexity index is 1020. The number of amides is 2. The summed E-state index contributed by atoms with van der Waals surface area (Å²) in [5.74, 6) is -0.390. The van der Waals surface area contributed by atoms with E-state index >= 15 is 0 Å². The number of thiocarbonyl (C=S) groups is 1. The molecule has 0 heterocycles. The number of ether oxygens (including phenoxy) is 2. The molecule has 0 radical (unpaired) electrons. The molecule has 0 unspecified atom stereocenters. The van der Waals surface area contributed by atoms with Gasteiger partial charge in [0.2, 0.25) is 5.91 Å². The van der Waals surface area contributed by atoms with E-state index in [0.717, 1.165) is 11.1 Å². The summed E-state index contributed by atoms with van der Waals surface area (Å²) < 4.78 is 10.6. The number of benzene rings is 3. The van der Waals surface area contributed by atoms with Crippen LogP contribution in [0.3, 0.4) is 0 Å². The van der Waals surface area contributed by atoms with Gasteiger partial charge in [0.1, 0.15) is 0 Å². The van der Waals surface area contributed by atoms with Gasteiger partial charge in [-0.1, -0.05) is 72.8 Å². The molecule has 0 saturated carbocycles. The normalized spacial score (nSPS) is 10.2. The van der Waals surface area contributed by atoms with Crippen molar-refractivity contribution in [2.24, 2.45) is 0 Å². The summed E-state index contributed by atoms with van der Waals surface area (Å²) in [5, 5.41) is 2.41. The molecule has 164 valence electrons. The molecule has 0 atom stereocenters. The Kier molecular flexibility index (Phi) is 8.16. The van der Waals surface area contributed by atoms with Crippen LogP contribution in [0.1, 0.15) is 17.0 Å². The van der Waals surface area contributed by atoms with Crippen LogP contribution < -0.4 is 25.6 Å². The van der Waals surface area contributed by atoms with Gasteiger partial charge in [0.05, 0.1) is 13.0 Å². The van der Waals surface area contributed by atoms with Gasteiger partial charge in [0.15, 0.2) is 23.2 Å². The first-order valence-electron chi connectivity index (χ1n) is 9.84. The van der Waals surface area contributed by atoms with Crippen molar-refractivity contribution in [1.82, 2.24) is 16.2 Å². The van der Waals surface area contributed by atoms with Gasteiger partial charge in [0, 0.05) is 0 Å². The molecule has 0 aromatic heterocycles. The molecule has 3 N–H and O–H groups in total. The highest BCUT2D eigenvalue weighted by molar-refractivity contribution is 7.80. The number of hydrogen-bond donors (Lipinski definition) is 3. The lowest BCUT2D eigenvalue weighted by Crippen LogP contribution is -2.50. The molecule has 0 saturated heterocycles. The van der Waals surface area contributed by atoms with E-state index in [4.69, 9.17) is 21.7 Å². The second-order valence-electron chi connectivity index (χ2n) is 6.69. The fourth-order valence-corrected chi connectivity index (χ4v) is 3.22. The van der Waals surface area contributed by atoms with Crippen LogP contribution in [0.25, 0.3) is 0 Å². The van der Waals surface area contributed by atoms with Crippen LogP contribution in [0.5, 0.6) is 11.5 Å². The van der Waals surface area contributed by atoms with Crippen molar-refractivity contribution in [3.05, 3.63) is 96.1 Å². The zero-order valence-electron chi connectivity index (χ0n) is 17.4. The molecule has 3 aromatic rings. The number of rotatable bonds is 7. The van der Waals surface area contributed by atoms with E-state index in [1.165, 1.54) is 7.11 Å². The zero-order chi connectivity index (χ0) is 22.8. The van der Waals surface area contributed by atoms with Crippen LogP contribution in [-0.4, -0.2) is 30.6 Å². The molecule has 2 amide bonds. The Morgan fingerprint density at radius 3 is 1.91 bits per heavy atom. The molecular formula is C24H23N3O4S. The highest BCUT2D eigenvalue weighted by atomic mass is 32.1. The molecule has 3 rings (SSSR count). The van der Waals surface area contributed by atoms with E-state index in [-0.39, 0.29) is 17.6 Å². The number of carbonyl (C=O) groups excluding carboxylic acids is 2. The Balaban J connectivity index is 1.54. The van der Waals surface area contributed by atoms with Crippen molar-refractivity contribution >= 4 is 29.1 Å². The lowest BCUT2D eigenvalue weighted by Gasteiger charge is -2.19. The summed E-state index contributed by atoms with van der Waals surface area (Å²) in [6.07, 6.45) is 0. The van der Waals surface area contributed by atoms with Crippen LogP contribution >= 0.6 is 12.2 Å². The minimum Gasteiger partial charge on any atom is -0.493 e. The molecule has 0 fully saturated rings. The molecule has 0 aliphatic heterocycles. The van der Waals surface area contributed by atoms with Crippen LogP contribution in [0, 0.1) is 0 Å². The zero-order valence-corrected chi connectivity index (χ0v) is 18.2. The van der Waals surface area contributed by atoms with E-state index < -0.39 is 11.8 Å². The van der Waals surface area contributed by atoms with Crippen molar-refractivity contribution in [1.29, 1.82) is 0 Å². The Morgan fingerprint density at radius 2 is 1.34 bits per heavy atom. The van der Waals surface area contributed by atoms with Gasteiger partial charge in [-0.2, -0.15) is 0 Å². The SMILES string of the molecule is COc1ccccc1OCC(=O)NC(=S)NNC(=O)C(c1ccccc1)c1ccccc1. The summed E-state index contributed by atoms with van der Waals surface area (Å²) in [4.78, 5) is 25.1. The van der Waals surface area contributed by atoms with Crippen LogP contribution in [0.4, 0.5) is 0 Å². The van der Waals surface area contributed by atoms with E-state index in [1.54, 1.807) is 24.3 Å². The fraction of sp³-hybridized carbons (Fsp3) is 0.125. The summed E-state index contributed by atoms with van der Waals surface area (Å²) in [7, 11) is 1.52. The average Bonchev–Trinajstić information content (AvgIpc) is 2.83. The number of hydrogen-bond acceptors (Lipinski definition) is 5. The first kappa shape index (κ1) is 22.8. The minimum absolute atomic E-state index is 0.0492. The molecule has 0 aliphatic rings. The number of carbonyl (C=O) groups is 2. The largest absolute Gasteiger partial charge is 0.493 e. The first-order valence-corrected chi connectivity index (χ1v) is 10.2. The molecule has 7 nitrogen and oxygen atoms in total. The van der Waals surface area contributed by atoms with Gasteiger partial charge >= 0.3 is 0 Å². The smallest absolute Gasteiger partial charge is 0.264 e. The van der Waals surface area contributed by atoms with Crippen LogP contribution in [0.2, 0.25) is 0 Å². The average molecular weight is 450 g/mol. The number of para-hydroxylation sites is 2. The third kappa shape index (κ3) is 6.29. The summed E-state index contributed by atoms with van der Waals surface area (Å²) >= 11 is 5.11. The van der Waals surface area contributed by atoms with Gasteiger partial charge < -0.3 is 9.47 Å². The molecular weight excluding hydrogens is 426 g/mol. The van der Waals surface area contributed by atoms with Gasteiger partial charge in [-0.25, -0.2) is 0 Å². The highest BCUT2D eigenvalue weighted by Gasteiger charge is 2.22. The monoisotopic (exact) mass is 449 g/mol. The molecule has 32 heavy (non-hydrogen) atoms. The van der Waals surface area contributed by atoms with Crippen molar-refractivity contribution in [3.63, 3.8) is 0 Å². The van der Waals surface area contributed by atoms with Crippen molar-refractivity contribution in [2.45, 2.75) is 5.92 Å². The first-order chi connectivity index (χ1) is 15.6. The van der Waals surface area contributed by atoms with E-state index in [1.807, 2.05) is 60.7 Å². The summed E-state index contributed by atoms with van der Waals surface area (Å²) in [6.45, 7) is -0.271. The standard InChI is InChI=1S/C24H23N3O4S/c1-30-19-14-8-9-15-20(19)31-16-21(28)25-24(32)27-26-23(29)22(17-10-4-2-5-11-17)18-12-6-3-7-13-18/h2-15,22H,16H2,1H3,(H,26,29)(H2,25,27,28,32). The van der Waals surface area contributed by atoms with Gasteiger partial charge in [-0.3, -0.25) is 25.8 Å². The van der Waals surface area contributed by atoms with Crippen LogP contribution in [0.15, 0.2) is 84.9 Å². The van der Waals surface area contributed by atoms with Gasteiger partial charge in [-0.05, 0) is 35.5 Å². The maximum absolute atomic E-state index is 12.9. The molecule has 0 aliphatic carbocycles. The van der Waals surface area contributed by atoms with Crippen molar-refractivity contribution < 1.29 is 19.1 Å². The van der Waals surface area contributed by atoms with Gasteiger partial charge in [0.25, 0.3) is 5.91 Å². The highest BCUT2D eigenvalue weighted by Crippen LogP contribution is 2.26. The number of nitrogens with one attached hydrogen (secondary N) is 3. The maximum Gasteiger partial charge on any atom is 0.264 e. The second-order valence-corrected chi connectivity index (χ2v) is 7.09. The minimum atomic E-state index is -0.544. The van der Waals surface area contributed by atoms with Crippen LogP contribution in [-0.2, 0) is 9.59 Å². The quantitative estimate of drug-likeness (QED) is 0.380. The molecule has 0 bridgehead atoms. The lowest BCUT2D eigenvalue weighted by atomic mass is 9.91. The van der Waals surface area contributed by atoms with Crippen molar-refractivity contribution in [3.8, 4) is 11.5 Å². The van der Waals surface area contributed by atoms with Gasteiger partial charge in [-0.15, -0.1) is 0 Å². The van der Waals surface area contributed by atoms with E-state index in [2.05, 4.69) is 16.2 Å². The summed E-state index contributed by atoms with van der Waals surface area (Å²) in [6, 6.07) is 25.8.